The second-order valence-corrected chi connectivity index (χ2v) is 5.30. The lowest BCUT2D eigenvalue weighted by molar-refractivity contribution is 0.145. The van der Waals surface area contributed by atoms with Crippen molar-refractivity contribution in [1.82, 2.24) is 9.97 Å². The number of aliphatic hydroxyl groups excluding tert-OH is 1. The van der Waals surface area contributed by atoms with Crippen LogP contribution in [0.15, 0.2) is 36.4 Å². The average molecular weight is 380 g/mol. The van der Waals surface area contributed by atoms with Gasteiger partial charge < -0.3 is 10.0 Å². The molecule has 0 saturated carbocycles. The standard InChI is InChI=1S/C15H16ClN3O.3C2H6/c16-15-17-13(11-4-2-1-3-5-11)10-14(18-15)19-8-6-12(20)7-9-19;3*1-2/h1-5,10,12,20H,6-9H2;3*1-2H3. The first kappa shape index (κ1) is 24.4. The fourth-order valence-electron chi connectivity index (χ4n) is 2.42. The number of rotatable bonds is 2. The zero-order chi connectivity index (χ0) is 19.9. The van der Waals surface area contributed by atoms with Crippen molar-refractivity contribution < 1.29 is 5.11 Å². The van der Waals surface area contributed by atoms with Gasteiger partial charge >= 0.3 is 0 Å². The molecule has 1 saturated heterocycles. The molecule has 1 N–H and O–H groups in total. The van der Waals surface area contributed by atoms with E-state index in [0.717, 1.165) is 43.0 Å². The monoisotopic (exact) mass is 379 g/mol. The van der Waals surface area contributed by atoms with Crippen LogP contribution in [0.4, 0.5) is 5.82 Å². The van der Waals surface area contributed by atoms with Crippen LogP contribution in [0.5, 0.6) is 0 Å². The van der Waals surface area contributed by atoms with Crippen molar-refractivity contribution in [2.75, 3.05) is 18.0 Å². The highest BCUT2D eigenvalue weighted by Crippen LogP contribution is 2.25. The summed E-state index contributed by atoms with van der Waals surface area (Å²) in [6.07, 6.45) is 1.34. The zero-order valence-corrected chi connectivity index (χ0v) is 17.8. The number of nitrogens with zero attached hydrogens (tertiary/aromatic N) is 3. The maximum absolute atomic E-state index is 9.58. The van der Waals surface area contributed by atoms with E-state index in [2.05, 4.69) is 14.9 Å². The van der Waals surface area contributed by atoms with Crippen molar-refractivity contribution in [2.45, 2.75) is 60.5 Å². The maximum Gasteiger partial charge on any atom is 0.224 e. The van der Waals surface area contributed by atoms with Crippen LogP contribution in [0.3, 0.4) is 0 Å². The van der Waals surface area contributed by atoms with E-state index in [-0.39, 0.29) is 11.4 Å². The van der Waals surface area contributed by atoms with Crippen molar-refractivity contribution in [3.63, 3.8) is 0 Å². The molecule has 0 unspecified atom stereocenters. The fraction of sp³-hybridized carbons (Fsp3) is 0.524. The first-order valence-electron chi connectivity index (χ1n) is 9.75. The summed E-state index contributed by atoms with van der Waals surface area (Å²) in [5.41, 5.74) is 1.85. The molecule has 0 radical (unpaired) electrons. The molecule has 4 nitrogen and oxygen atoms in total. The molecule has 1 aliphatic heterocycles. The van der Waals surface area contributed by atoms with Gasteiger partial charge in [0.05, 0.1) is 11.8 Å². The van der Waals surface area contributed by atoms with Crippen LogP contribution in [0.25, 0.3) is 11.3 Å². The Labute approximate surface area is 164 Å². The lowest BCUT2D eigenvalue weighted by Crippen LogP contribution is -2.36. The van der Waals surface area contributed by atoms with E-state index < -0.39 is 0 Å². The van der Waals surface area contributed by atoms with Crippen LogP contribution < -0.4 is 4.90 Å². The minimum Gasteiger partial charge on any atom is -0.393 e. The molecule has 0 atom stereocenters. The SMILES string of the molecule is CC.CC.CC.OC1CCN(c2cc(-c3ccccc3)nc(Cl)n2)CC1. The van der Waals surface area contributed by atoms with Gasteiger partial charge in [0.2, 0.25) is 5.28 Å². The number of benzene rings is 1. The predicted octanol–water partition coefficient (Wildman–Crippen LogP) is 5.84. The summed E-state index contributed by atoms with van der Waals surface area (Å²) in [6.45, 7) is 13.6. The summed E-state index contributed by atoms with van der Waals surface area (Å²) >= 11 is 6.05. The predicted molar refractivity (Wildman–Crippen MR) is 114 cm³/mol. The average Bonchev–Trinajstić information content (AvgIpc) is 2.73. The minimum atomic E-state index is -0.197. The van der Waals surface area contributed by atoms with Gasteiger partial charge in [-0.1, -0.05) is 71.9 Å². The van der Waals surface area contributed by atoms with E-state index in [1.807, 2.05) is 77.9 Å². The Kier molecular flexibility index (Phi) is 13.6. The topological polar surface area (TPSA) is 49.2 Å². The molecule has 1 fully saturated rings. The van der Waals surface area contributed by atoms with Gasteiger partial charge in [0.25, 0.3) is 0 Å². The molecule has 1 aliphatic rings. The third kappa shape index (κ3) is 7.71. The fourth-order valence-corrected chi connectivity index (χ4v) is 2.60. The molecule has 0 amide bonds. The van der Waals surface area contributed by atoms with E-state index in [9.17, 15) is 5.11 Å². The van der Waals surface area contributed by atoms with E-state index in [0.29, 0.717) is 0 Å². The van der Waals surface area contributed by atoms with Crippen molar-refractivity contribution in [1.29, 1.82) is 0 Å². The number of anilines is 1. The number of aromatic nitrogens is 2. The lowest BCUT2D eigenvalue weighted by atomic mass is 10.1. The summed E-state index contributed by atoms with van der Waals surface area (Å²) in [5.74, 6) is 0.829. The molecule has 1 aromatic carbocycles. The van der Waals surface area contributed by atoms with Crippen LogP contribution in [0, 0.1) is 0 Å². The molecule has 0 bridgehead atoms. The summed E-state index contributed by atoms with van der Waals surface area (Å²) in [6, 6.07) is 11.9. The van der Waals surface area contributed by atoms with Crippen LogP contribution in [0.1, 0.15) is 54.4 Å². The van der Waals surface area contributed by atoms with Crippen LogP contribution in [-0.4, -0.2) is 34.3 Å². The highest BCUT2D eigenvalue weighted by molar-refractivity contribution is 6.28. The number of hydrogen-bond acceptors (Lipinski definition) is 4. The van der Waals surface area contributed by atoms with E-state index >= 15 is 0 Å². The lowest BCUT2D eigenvalue weighted by Gasteiger charge is -2.30. The van der Waals surface area contributed by atoms with E-state index in [1.54, 1.807) is 0 Å². The normalized spacial score (nSPS) is 13.3. The Bertz CT molecular complexity index is 585. The summed E-state index contributed by atoms with van der Waals surface area (Å²) < 4.78 is 0. The molecule has 1 aromatic heterocycles. The third-order valence-corrected chi connectivity index (χ3v) is 3.71. The first-order chi connectivity index (χ1) is 12.7. The highest BCUT2D eigenvalue weighted by atomic mass is 35.5. The van der Waals surface area contributed by atoms with Crippen LogP contribution >= 0.6 is 11.6 Å². The van der Waals surface area contributed by atoms with Gasteiger partial charge in [0.1, 0.15) is 5.82 Å². The molecule has 5 heteroatoms. The molecular weight excluding hydrogens is 346 g/mol. The third-order valence-electron chi connectivity index (χ3n) is 3.54. The Morgan fingerprint density at radius 1 is 0.923 bits per heavy atom. The van der Waals surface area contributed by atoms with Gasteiger partial charge in [-0.2, -0.15) is 0 Å². The molecule has 2 heterocycles. The van der Waals surface area contributed by atoms with Crippen LogP contribution in [-0.2, 0) is 0 Å². The summed E-state index contributed by atoms with van der Waals surface area (Å²) in [7, 11) is 0. The number of aliphatic hydroxyl groups is 1. The Hall–Kier alpha value is -1.65. The van der Waals surface area contributed by atoms with Crippen molar-refractivity contribution in [3.8, 4) is 11.3 Å². The summed E-state index contributed by atoms with van der Waals surface area (Å²) in [5, 5.41) is 9.83. The van der Waals surface area contributed by atoms with Gasteiger partial charge in [-0.15, -0.1) is 0 Å². The minimum absolute atomic E-state index is 0.197. The second-order valence-electron chi connectivity index (χ2n) is 4.96. The number of piperidine rings is 1. The van der Waals surface area contributed by atoms with Gasteiger partial charge in [-0.25, -0.2) is 9.97 Å². The zero-order valence-electron chi connectivity index (χ0n) is 17.0. The number of halogens is 1. The van der Waals surface area contributed by atoms with Gasteiger partial charge in [0.15, 0.2) is 0 Å². The van der Waals surface area contributed by atoms with Crippen LogP contribution in [0.2, 0.25) is 5.28 Å². The Balaban J connectivity index is 0.000000948. The smallest absolute Gasteiger partial charge is 0.224 e. The molecule has 0 spiro atoms. The van der Waals surface area contributed by atoms with Gasteiger partial charge in [-0.3, -0.25) is 0 Å². The molecule has 26 heavy (non-hydrogen) atoms. The first-order valence-corrected chi connectivity index (χ1v) is 10.1. The van der Waals surface area contributed by atoms with Gasteiger partial charge in [0, 0.05) is 24.7 Å². The molecule has 0 aliphatic carbocycles. The Morgan fingerprint density at radius 3 is 2.00 bits per heavy atom. The quantitative estimate of drug-likeness (QED) is 0.666. The summed E-state index contributed by atoms with van der Waals surface area (Å²) in [4.78, 5) is 10.7. The molecule has 3 rings (SSSR count). The molecular formula is C21H34ClN3O. The van der Waals surface area contributed by atoms with E-state index in [1.165, 1.54) is 0 Å². The number of hydrogen-bond donors (Lipinski definition) is 1. The molecule has 2 aromatic rings. The molecule has 146 valence electrons. The largest absolute Gasteiger partial charge is 0.393 e. The van der Waals surface area contributed by atoms with Crippen molar-refractivity contribution in [3.05, 3.63) is 41.7 Å². The van der Waals surface area contributed by atoms with Crippen molar-refractivity contribution >= 4 is 17.4 Å². The highest BCUT2D eigenvalue weighted by Gasteiger charge is 2.19. The maximum atomic E-state index is 9.58. The van der Waals surface area contributed by atoms with Gasteiger partial charge in [-0.05, 0) is 24.4 Å². The Morgan fingerprint density at radius 2 is 1.46 bits per heavy atom. The second kappa shape index (κ2) is 14.5. The van der Waals surface area contributed by atoms with E-state index in [4.69, 9.17) is 11.6 Å². The van der Waals surface area contributed by atoms with Crippen molar-refractivity contribution in [2.24, 2.45) is 0 Å².